The van der Waals surface area contributed by atoms with Crippen LogP contribution in [0.3, 0.4) is 0 Å². The largest absolute Gasteiger partial charge is 0.496 e. The molecule has 1 aliphatic rings. The lowest BCUT2D eigenvalue weighted by atomic mass is 9.92. The lowest BCUT2D eigenvalue weighted by molar-refractivity contribution is 0.338. The number of benzene rings is 1. The molecule has 4 heteroatoms. The van der Waals surface area contributed by atoms with Gasteiger partial charge in [0.2, 0.25) is 0 Å². The number of methoxy groups -OCH3 is 1. The first-order chi connectivity index (χ1) is 8.69. The molecule has 0 aliphatic heterocycles. The molecule has 2 rings (SSSR count). The second-order valence-corrected chi connectivity index (χ2v) is 4.95. The van der Waals surface area contributed by atoms with E-state index in [9.17, 15) is 4.39 Å². The summed E-state index contributed by atoms with van der Waals surface area (Å²) in [5.74, 6) is 0.509. The second-order valence-electron chi connectivity index (χ2n) is 4.95. The maximum atomic E-state index is 13.2. The van der Waals surface area contributed by atoms with E-state index in [-0.39, 0.29) is 5.82 Å². The second kappa shape index (κ2) is 6.16. The highest BCUT2D eigenvalue weighted by atomic mass is 19.1. The lowest BCUT2D eigenvalue weighted by Gasteiger charge is -2.27. The van der Waals surface area contributed by atoms with E-state index in [1.807, 2.05) is 0 Å². The van der Waals surface area contributed by atoms with Gasteiger partial charge in [0.1, 0.15) is 11.6 Å². The molecular formula is C14H21FN2O. The zero-order chi connectivity index (χ0) is 13.0. The number of nitrogens with one attached hydrogen (secondary N) is 1. The SMILES string of the molecule is COc1ccc(F)cc1CNC1CCC(N)CC1. The highest BCUT2D eigenvalue weighted by molar-refractivity contribution is 5.33. The molecule has 1 fully saturated rings. The normalized spacial score (nSPS) is 23.9. The van der Waals surface area contributed by atoms with Crippen LogP contribution in [0.5, 0.6) is 5.75 Å². The van der Waals surface area contributed by atoms with Crippen LogP contribution in [0.4, 0.5) is 4.39 Å². The van der Waals surface area contributed by atoms with E-state index in [0.29, 0.717) is 18.6 Å². The predicted molar refractivity (Wildman–Crippen MR) is 70.0 cm³/mol. The summed E-state index contributed by atoms with van der Waals surface area (Å²) < 4.78 is 18.4. The van der Waals surface area contributed by atoms with Crippen LogP contribution in [0.15, 0.2) is 18.2 Å². The molecule has 3 N–H and O–H groups in total. The molecule has 1 aliphatic carbocycles. The van der Waals surface area contributed by atoms with Crippen molar-refractivity contribution >= 4 is 0 Å². The van der Waals surface area contributed by atoms with Crippen molar-refractivity contribution in [3.8, 4) is 5.75 Å². The Morgan fingerprint density at radius 2 is 2.06 bits per heavy atom. The molecule has 0 atom stereocenters. The van der Waals surface area contributed by atoms with Gasteiger partial charge in [0.05, 0.1) is 7.11 Å². The summed E-state index contributed by atoms with van der Waals surface area (Å²) in [5.41, 5.74) is 6.74. The zero-order valence-corrected chi connectivity index (χ0v) is 10.8. The van der Waals surface area contributed by atoms with Crippen LogP contribution in [-0.2, 0) is 6.54 Å². The van der Waals surface area contributed by atoms with E-state index < -0.39 is 0 Å². The summed E-state index contributed by atoms with van der Waals surface area (Å²) >= 11 is 0. The highest BCUT2D eigenvalue weighted by Gasteiger charge is 2.18. The minimum absolute atomic E-state index is 0.224. The molecule has 0 amide bonds. The Bertz CT molecular complexity index is 389. The van der Waals surface area contributed by atoms with Crippen LogP contribution in [-0.4, -0.2) is 19.2 Å². The molecule has 0 spiro atoms. The van der Waals surface area contributed by atoms with Crippen LogP contribution in [0.25, 0.3) is 0 Å². The number of hydrogen-bond acceptors (Lipinski definition) is 3. The Hall–Kier alpha value is -1.13. The molecule has 1 saturated carbocycles. The van der Waals surface area contributed by atoms with Gasteiger partial charge in [0, 0.05) is 24.2 Å². The molecule has 3 nitrogen and oxygen atoms in total. The van der Waals surface area contributed by atoms with Crippen molar-refractivity contribution in [2.75, 3.05) is 7.11 Å². The van der Waals surface area contributed by atoms with Crippen molar-refractivity contribution in [1.29, 1.82) is 0 Å². The number of ether oxygens (including phenoxy) is 1. The smallest absolute Gasteiger partial charge is 0.123 e. The van der Waals surface area contributed by atoms with Crippen molar-refractivity contribution in [1.82, 2.24) is 5.32 Å². The fraction of sp³-hybridized carbons (Fsp3) is 0.571. The lowest BCUT2D eigenvalue weighted by Crippen LogP contribution is -2.37. The monoisotopic (exact) mass is 252 g/mol. The van der Waals surface area contributed by atoms with Gasteiger partial charge in [-0.3, -0.25) is 0 Å². The maximum Gasteiger partial charge on any atom is 0.123 e. The van der Waals surface area contributed by atoms with Crippen LogP contribution in [0, 0.1) is 5.82 Å². The highest BCUT2D eigenvalue weighted by Crippen LogP contribution is 2.21. The summed E-state index contributed by atoms with van der Waals surface area (Å²) in [6, 6.07) is 5.45. The van der Waals surface area contributed by atoms with Crippen molar-refractivity contribution in [2.24, 2.45) is 5.73 Å². The Labute approximate surface area is 108 Å². The average molecular weight is 252 g/mol. The maximum absolute atomic E-state index is 13.2. The van der Waals surface area contributed by atoms with Crippen molar-refractivity contribution in [2.45, 2.75) is 44.3 Å². The minimum atomic E-state index is -0.224. The van der Waals surface area contributed by atoms with Crippen LogP contribution in [0.2, 0.25) is 0 Å². The number of nitrogens with two attached hydrogens (primary N) is 1. The van der Waals surface area contributed by atoms with Crippen molar-refractivity contribution < 1.29 is 9.13 Å². The van der Waals surface area contributed by atoms with E-state index in [1.165, 1.54) is 12.1 Å². The van der Waals surface area contributed by atoms with Gasteiger partial charge in [0.15, 0.2) is 0 Å². The van der Waals surface area contributed by atoms with E-state index >= 15 is 0 Å². The molecule has 0 saturated heterocycles. The summed E-state index contributed by atoms with van der Waals surface area (Å²) in [6.45, 7) is 0.640. The quantitative estimate of drug-likeness (QED) is 0.863. The third-order valence-corrected chi connectivity index (χ3v) is 3.60. The topological polar surface area (TPSA) is 47.3 Å². The van der Waals surface area contributed by atoms with Crippen molar-refractivity contribution in [3.05, 3.63) is 29.6 Å². The molecule has 0 heterocycles. The third kappa shape index (κ3) is 3.43. The predicted octanol–water partition coefficient (Wildman–Crippen LogP) is 2.19. The summed E-state index contributed by atoms with van der Waals surface area (Å²) in [7, 11) is 1.61. The van der Waals surface area contributed by atoms with E-state index in [0.717, 1.165) is 37.0 Å². The van der Waals surface area contributed by atoms with Crippen LogP contribution >= 0.6 is 0 Å². The summed E-state index contributed by atoms with van der Waals surface area (Å²) in [4.78, 5) is 0. The van der Waals surface area contributed by atoms with Gasteiger partial charge in [-0.1, -0.05) is 0 Å². The van der Waals surface area contributed by atoms with Gasteiger partial charge in [-0.05, 0) is 43.9 Å². The third-order valence-electron chi connectivity index (χ3n) is 3.60. The molecule has 0 radical (unpaired) electrons. The standard InChI is InChI=1S/C14H21FN2O/c1-18-14-7-2-11(15)8-10(14)9-17-13-5-3-12(16)4-6-13/h2,7-8,12-13,17H,3-6,9,16H2,1H3. The van der Waals surface area contributed by atoms with Crippen molar-refractivity contribution in [3.63, 3.8) is 0 Å². The molecule has 100 valence electrons. The molecule has 0 bridgehead atoms. The first-order valence-electron chi connectivity index (χ1n) is 6.50. The molecule has 1 aromatic rings. The van der Waals surface area contributed by atoms with Gasteiger partial charge in [-0.25, -0.2) is 4.39 Å². The van der Waals surface area contributed by atoms with Gasteiger partial charge in [0.25, 0.3) is 0 Å². The van der Waals surface area contributed by atoms with Gasteiger partial charge in [-0.15, -0.1) is 0 Å². The Balaban J connectivity index is 1.91. The molecule has 0 aromatic heterocycles. The first kappa shape index (κ1) is 13.3. The number of hydrogen-bond donors (Lipinski definition) is 2. The minimum Gasteiger partial charge on any atom is -0.496 e. The van der Waals surface area contributed by atoms with Crippen LogP contribution < -0.4 is 15.8 Å². The van der Waals surface area contributed by atoms with E-state index in [1.54, 1.807) is 13.2 Å². The molecule has 0 unspecified atom stereocenters. The van der Waals surface area contributed by atoms with Gasteiger partial charge in [-0.2, -0.15) is 0 Å². The first-order valence-corrected chi connectivity index (χ1v) is 6.50. The summed E-state index contributed by atoms with van der Waals surface area (Å²) in [6.07, 6.45) is 4.33. The van der Waals surface area contributed by atoms with Gasteiger partial charge < -0.3 is 15.8 Å². The molecule has 18 heavy (non-hydrogen) atoms. The molecular weight excluding hydrogens is 231 g/mol. The Morgan fingerprint density at radius 1 is 1.33 bits per heavy atom. The zero-order valence-electron chi connectivity index (χ0n) is 10.8. The fourth-order valence-corrected chi connectivity index (χ4v) is 2.46. The van der Waals surface area contributed by atoms with E-state index in [2.05, 4.69) is 5.32 Å². The Morgan fingerprint density at radius 3 is 2.72 bits per heavy atom. The number of halogens is 1. The van der Waals surface area contributed by atoms with Gasteiger partial charge >= 0.3 is 0 Å². The van der Waals surface area contributed by atoms with E-state index in [4.69, 9.17) is 10.5 Å². The number of rotatable bonds is 4. The van der Waals surface area contributed by atoms with Crippen LogP contribution in [0.1, 0.15) is 31.2 Å². The fourth-order valence-electron chi connectivity index (χ4n) is 2.46. The Kier molecular flexibility index (Phi) is 4.55. The average Bonchev–Trinajstić information content (AvgIpc) is 2.38. The summed E-state index contributed by atoms with van der Waals surface area (Å²) in [5, 5.41) is 3.46. The molecule has 1 aromatic carbocycles.